The molecule has 4 aromatic rings. The van der Waals surface area contributed by atoms with Gasteiger partial charge in [0.15, 0.2) is 10.1 Å². The molecular weight excluding hydrogens is 509 g/mol. The van der Waals surface area contributed by atoms with Gasteiger partial charge in [0.1, 0.15) is 0 Å². The number of benzene rings is 3. The SMILES string of the molecule is CCCCCOc1c(Cl)cc(C(=O)Nc2nnc(SCc3cccc4ccccc34)s2)cc1Cl. The van der Waals surface area contributed by atoms with Crippen LogP contribution in [-0.4, -0.2) is 22.7 Å². The molecule has 0 bridgehead atoms. The molecule has 1 aromatic heterocycles. The highest BCUT2D eigenvalue weighted by Gasteiger charge is 2.16. The van der Waals surface area contributed by atoms with E-state index in [1.807, 2.05) is 12.1 Å². The zero-order valence-electron chi connectivity index (χ0n) is 18.5. The number of halogens is 2. The van der Waals surface area contributed by atoms with Crippen molar-refractivity contribution in [2.75, 3.05) is 11.9 Å². The molecule has 0 atom stereocenters. The van der Waals surface area contributed by atoms with Crippen LogP contribution in [0.1, 0.15) is 42.1 Å². The van der Waals surface area contributed by atoms with Crippen LogP contribution in [0, 0.1) is 0 Å². The Morgan fingerprint density at radius 1 is 1.06 bits per heavy atom. The van der Waals surface area contributed by atoms with Crippen LogP contribution in [-0.2, 0) is 5.75 Å². The summed E-state index contributed by atoms with van der Waals surface area (Å²) in [5, 5.41) is 14.5. The third-order valence-corrected chi connectivity index (χ3v) is 7.70. The predicted octanol–water partition coefficient (Wildman–Crippen LogP) is 8.11. The van der Waals surface area contributed by atoms with Gasteiger partial charge in [-0.05, 0) is 34.9 Å². The first kappa shape index (κ1) is 24.8. The zero-order chi connectivity index (χ0) is 23.9. The van der Waals surface area contributed by atoms with Gasteiger partial charge >= 0.3 is 0 Å². The van der Waals surface area contributed by atoms with Gasteiger partial charge < -0.3 is 4.74 Å². The number of ether oxygens (including phenoxy) is 1. The Bertz CT molecular complexity index is 1270. The monoisotopic (exact) mass is 531 g/mol. The molecule has 0 fully saturated rings. The van der Waals surface area contributed by atoms with E-state index in [4.69, 9.17) is 27.9 Å². The fraction of sp³-hybridized carbons (Fsp3) is 0.240. The molecule has 4 rings (SSSR count). The van der Waals surface area contributed by atoms with Crippen LogP contribution in [0.15, 0.2) is 58.9 Å². The number of nitrogens with one attached hydrogen (secondary N) is 1. The highest BCUT2D eigenvalue weighted by molar-refractivity contribution is 8.00. The Labute approximate surface area is 216 Å². The maximum atomic E-state index is 12.7. The van der Waals surface area contributed by atoms with Crippen LogP contribution in [0.3, 0.4) is 0 Å². The molecule has 0 aliphatic carbocycles. The number of hydrogen-bond acceptors (Lipinski definition) is 6. The number of thioether (sulfide) groups is 1. The standard InChI is InChI=1S/C25H23Cl2N3O2S2/c1-2-3-6-12-32-22-20(26)13-18(14-21(22)27)23(31)28-24-29-30-25(34-24)33-15-17-10-7-9-16-8-4-5-11-19(16)17/h4-5,7-11,13-14H,2-3,6,12,15H2,1H3,(H,28,29,31). The Morgan fingerprint density at radius 2 is 1.82 bits per heavy atom. The third-order valence-electron chi connectivity index (χ3n) is 5.11. The van der Waals surface area contributed by atoms with Gasteiger partial charge in [-0.3, -0.25) is 10.1 Å². The number of unbranched alkanes of at least 4 members (excludes halogenated alkanes) is 2. The number of aromatic nitrogens is 2. The molecule has 0 aliphatic rings. The third kappa shape index (κ3) is 6.21. The van der Waals surface area contributed by atoms with E-state index in [0.29, 0.717) is 33.1 Å². The number of carbonyl (C=O) groups excluding carboxylic acids is 1. The Kier molecular flexibility index (Phi) is 8.67. The minimum Gasteiger partial charge on any atom is -0.490 e. The van der Waals surface area contributed by atoms with Gasteiger partial charge in [-0.1, -0.05) is 109 Å². The lowest BCUT2D eigenvalue weighted by Gasteiger charge is -2.11. The molecule has 3 aromatic carbocycles. The van der Waals surface area contributed by atoms with E-state index < -0.39 is 0 Å². The van der Waals surface area contributed by atoms with Gasteiger partial charge in [0.05, 0.1) is 16.7 Å². The zero-order valence-corrected chi connectivity index (χ0v) is 21.7. The minimum atomic E-state index is -0.358. The molecular formula is C25H23Cl2N3O2S2. The number of nitrogens with zero attached hydrogens (tertiary/aromatic N) is 2. The number of hydrogen-bond donors (Lipinski definition) is 1. The maximum absolute atomic E-state index is 12.7. The van der Waals surface area contributed by atoms with Crippen molar-refractivity contribution in [3.8, 4) is 5.75 Å². The van der Waals surface area contributed by atoms with Crippen molar-refractivity contribution >= 4 is 68.1 Å². The van der Waals surface area contributed by atoms with Gasteiger partial charge in [-0.15, -0.1) is 10.2 Å². The normalized spacial score (nSPS) is 11.0. The second kappa shape index (κ2) is 11.9. The van der Waals surface area contributed by atoms with Crippen LogP contribution in [0.25, 0.3) is 10.8 Å². The Hall–Kier alpha value is -2.32. The summed E-state index contributed by atoms with van der Waals surface area (Å²) in [7, 11) is 0. The Balaban J connectivity index is 1.37. The van der Waals surface area contributed by atoms with E-state index in [9.17, 15) is 4.79 Å². The second-order valence-corrected chi connectivity index (χ2v) is 10.6. The first-order chi connectivity index (χ1) is 16.5. The molecule has 176 valence electrons. The molecule has 0 aliphatic heterocycles. The largest absolute Gasteiger partial charge is 0.490 e. The molecule has 0 radical (unpaired) electrons. The molecule has 1 heterocycles. The lowest BCUT2D eigenvalue weighted by Crippen LogP contribution is -2.12. The highest BCUT2D eigenvalue weighted by Crippen LogP contribution is 2.35. The quantitative estimate of drug-likeness (QED) is 0.127. The summed E-state index contributed by atoms with van der Waals surface area (Å²) in [6.45, 7) is 2.65. The number of rotatable bonds is 10. The van der Waals surface area contributed by atoms with Crippen LogP contribution in [0.4, 0.5) is 5.13 Å². The summed E-state index contributed by atoms with van der Waals surface area (Å²) in [6.07, 6.45) is 3.09. The average Bonchev–Trinajstić information content (AvgIpc) is 3.28. The molecule has 34 heavy (non-hydrogen) atoms. The summed E-state index contributed by atoms with van der Waals surface area (Å²) < 4.78 is 6.47. The van der Waals surface area contributed by atoms with Gasteiger partial charge in [-0.25, -0.2) is 0 Å². The molecule has 0 spiro atoms. The summed E-state index contributed by atoms with van der Waals surface area (Å²) in [5.41, 5.74) is 1.56. The second-order valence-electron chi connectivity index (χ2n) is 7.58. The highest BCUT2D eigenvalue weighted by atomic mass is 35.5. The van der Waals surface area contributed by atoms with Crippen molar-refractivity contribution in [3.63, 3.8) is 0 Å². The van der Waals surface area contributed by atoms with E-state index in [-0.39, 0.29) is 5.91 Å². The summed E-state index contributed by atoms with van der Waals surface area (Å²) in [4.78, 5) is 12.7. The van der Waals surface area contributed by atoms with E-state index >= 15 is 0 Å². The molecule has 1 N–H and O–H groups in total. The van der Waals surface area contributed by atoms with Crippen molar-refractivity contribution in [3.05, 3.63) is 75.8 Å². The molecule has 5 nitrogen and oxygen atoms in total. The number of amides is 1. The lowest BCUT2D eigenvalue weighted by molar-refractivity contribution is 0.102. The lowest BCUT2D eigenvalue weighted by atomic mass is 10.1. The minimum absolute atomic E-state index is 0.303. The molecule has 0 unspecified atom stereocenters. The van der Waals surface area contributed by atoms with Gasteiger partial charge in [0.2, 0.25) is 5.13 Å². The van der Waals surface area contributed by atoms with Crippen LogP contribution in [0.5, 0.6) is 5.75 Å². The van der Waals surface area contributed by atoms with Gasteiger partial charge in [0, 0.05) is 11.3 Å². The molecule has 0 saturated carbocycles. The van der Waals surface area contributed by atoms with Crippen molar-refractivity contribution in [1.82, 2.24) is 10.2 Å². The van der Waals surface area contributed by atoms with Crippen molar-refractivity contribution in [2.24, 2.45) is 0 Å². The summed E-state index contributed by atoms with van der Waals surface area (Å²) >= 11 is 15.6. The number of carbonyl (C=O) groups is 1. The van der Waals surface area contributed by atoms with Crippen molar-refractivity contribution in [2.45, 2.75) is 36.3 Å². The first-order valence-corrected chi connectivity index (χ1v) is 13.5. The van der Waals surface area contributed by atoms with E-state index in [1.54, 1.807) is 23.9 Å². The number of anilines is 1. The maximum Gasteiger partial charge on any atom is 0.257 e. The summed E-state index contributed by atoms with van der Waals surface area (Å²) in [6, 6.07) is 17.7. The fourth-order valence-corrected chi connectivity index (χ4v) is 5.75. The topological polar surface area (TPSA) is 64.1 Å². The smallest absolute Gasteiger partial charge is 0.257 e. The fourth-order valence-electron chi connectivity index (χ4n) is 3.40. The Morgan fingerprint density at radius 3 is 2.62 bits per heavy atom. The molecule has 1 amide bonds. The van der Waals surface area contributed by atoms with Crippen molar-refractivity contribution < 1.29 is 9.53 Å². The van der Waals surface area contributed by atoms with Crippen LogP contribution < -0.4 is 10.1 Å². The summed E-state index contributed by atoms with van der Waals surface area (Å²) in [5.74, 6) is 0.802. The predicted molar refractivity (Wildman–Crippen MR) is 143 cm³/mol. The van der Waals surface area contributed by atoms with E-state index in [1.165, 1.54) is 27.7 Å². The van der Waals surface area contributed by atoms with Crippen molar-refractivity contribution in [1.29, 1.82) is 0 Å². The van der Waals surface area contributed by atoms with Crippen LogP contribution >= 0.6 is 46.3 Å². The van der Waals surface area contributed by atoms with Crippen LogP contribution in [0.2, 0.25) is 10.0 Å². The first-order valence-electron chi connectivity index (χ1n) is 10.9. The van der Waals surface area contributed by atoms with Gasteiger partial charge in [-0.2, -0.15) is 0 Å². The van der Waals surface area contributed by atoms with E-state index in [0.717, 1.165) is 29.4 Å². The number of fused-ring (bicyclic) bond motifs is 1. The molecule has 9 heteroatoms. The molecule has 0 saturated heterocycles. The average molecular weight is 533 g/mol. The van der Waals surface area contributed by atoms with Gasteiger partial charge in [0.25, 0.3) is 5.91 Å². The van der Waals surface area contributed by atoms with E-state index in [2.05, 4.69) is 52.8 Å².